The third kappa shape index (κ3) is 3.49. The quantitative estimate of drug-likeness (QED) is 0.668. The van der Waals surface area contributed by atoms with E-state index < -0.39 is 12.1 Å². The Kier molecular flexibility index (Phi) is 5.09. The Balaban J connectivity index is 2.38. The van der Waals surface area contributed by atoms with Crippen LogP contribution in [0.1, 0.15) is 51.9 Å². The Hall–Kier alpha value is -0.570. The van der Waals surface area contributed by atoms with Crippen LogP contribution >= 0.6 is 0 Å². The van der Waals surface area contributed by atoms with Crippen molar-refractivity contribution in [1.29, 1.82) is 0 Å². The largest absolute Gasteiger partial charge is 0.479 e. The molecule has 3 atom stereocenters. The number of carboxylic acid groups (broad SMARTS) is 1. The summed E-state index contributed by atoms with van der Waals surface area (Å²) in [5.74, 6) is -0.621. The van der Waals surface area contributed by atoms with E-state index in [1.807, 2.05) is 0 Å². The average molecular weight is 214 g/mol. The van der Waals surface area contributed by atoms with Crippen LogP contribution in [-0.2, 0) is 4.79 Å². The average Bonchev–Trinajstić information content (AvgIpc) is 2.65. The molecular formula is C12H22O3. The van der Waals surface area contributed by atoms with Crippen molar-refractivity contribution < 1.29 is 15.0 Å². The summed E-state index contributed by atoms with van der Waals surface area (Å²) in [4.78, 5) is 10.7. The molecule has 1 aliphatic rings. The van der Waals surface area contributed by atoms with Gasteiger partial charge in [0.05, 0.1) is 0 Å². The van der Waals surface area contributed by atoms with Gasteiger partial charge < -0.3 is 10.2 Å². The molecule has 0 aromatic carbocycles. The number of carbonyl (C=O) groups is 1. The van der Waals surface area contributed by atoms with E-state index in [0.717, 1.165) is 25.7 Å². The van der Waals surface area contributed by atoms with Gasteiger partial charge in [-0.1, -0.05) is 45.4 Å². The van der Waals surface area contributed by atoms with Crippen LogP contribution in [0.2, 0.25) is 0 Å². The van der Waals surface area contributed by atoms with Gasteiger partial charge in [-0.05, 0) is 18.3 Å². The van der Waals surface area contributed by atoms with Crippen molar-refractivity contribution in [3.05, 3.63) is 0 Å². The molecule has 3 nitrogen and oxygen atoms in total. The Morgan fingerprint density at radius 2 is 2.13 bits per heavy atom. The van der Waals surface area contributed by atoms with E-state index in [1.165, 1.54) is 19.3 Å². The van der Waals surface area contributed by atoms with Gasteiger partial charge in [-0.2, -0.15) is 0 Å². The number of unbranched alkanes of at least 4 members (excludes halogenated alkanes) is 2. The van der Waals surface area contributed by atoms with Crippen LogP contribution in [0, 0.1) is 11.8 Å². The molecule has 2 N–H and O–H groups in total. The molecule has 0 bridgehead atoms. The molecule has 0 amide bonds. The Morgan fingerprint density at radius 3 is 2.73 bits per heavy atom. The molecule has 0 heterocycles. The van der Waals surface area contributed by atoms with Gasteiger partial charge in [0, 0.05) is 0 Å². The van der Waals surface area contributed by atoms with Crippen molar-refractivity contribution in [2.24, 2.45) is 11.8 Å². The van der Waals surface area contributed by atoms with E-state index in [4.69, 9.17) is 5.11 Å². The third-order valence-electron chi connectivity index (χ3n) is 3.55. The van der Waals surface area contributed by atoms with Gasteiger partial charge in [-0.15, -0.1) is 0 Å². The lowest BCUT2D eigenvalue weighted by atomic mass is 9.87. The molecule has 1 aliphatic carbocycles. The maximum Gasteiger partial charge on any atom is 0.332 e. The molecule has 0 spiro atoms. The summed E-state index contributed by atoms with van der Waals surface area (Å²) >= 11 is 0. The van der Waals surface area contributed by atoms with Gasteiger partial charge in [0.2, 0.25) is 0 Å². The van der Waals surface area contributed by atoms with Gasteiger partial charge in [0.25, 0.3) is 0 Å². The zero-order valence-electron chi connectivity index (χ0n) is 9.48. The molecule has 0 radical (unpaired) electrons. The Labute approximate surface area is 91.5 Å². The smallest absolute Gasteiger partial charge is 0.332 e. The zero-order chi connectivity index (χ0) is 11.3. The van der Waals surface area contributed by atoms with Gasteiger partial charge in [-0.25, -0.2) is 4.79 Å². The van der Waals surface area contributed by atoms with Crippen LogP contribution in [-0.4, -0.2) is 22.3 Å². The fourth-order valence-corrected chi connectivity index (χ4v) is 2.68. The van der Waals surface area contributed by atoms with E-state index in [0.29, 0.717) is 5.92 Å². The van der Waals surface area contributed by atoms with Gasteiger partial charge in [-0.3, -0.25) is 0 Å². The second kappa shape index (κ2) is 6.11. The first-order valence-corrected chi connectivity index (χ1v) is 6.07. The minimum atomic E-state index is -1.14. The summed E-state index contributed by atoms with van der Waals surface area (Å²) in [6.45, 7) is 2.16. The highest BCUT2D eigenvalue weighted by Gasteiger charge is 2.35. The van der Waals surface area contributed by atoms with Crippen molar-refractivity contribution in [3.8, 4) is 0 Å². The maximum atomic E-state index is 10.7. The van der Waals surface area contributed by atoms with Gasteiger partial charge in [0.1, 0.15) is 0 Å². The van der Waals surface area contributed by atoms with Crippen LogP contribution in [0.3, 0.4) is 0 Å². The van der Waals surface area contributed by atoms with Crippen LogP contribution < -0.4 is 0 Å². The highest BCUT2D eigenvalue weighted by Crippen LogP contribution is 2.37. The number of aliphatic carboxylic acids is 1. The Morgan fingerprint density at radius 1 is 1.40 bits per heavy atom. The van der Waals surface area contributed by atoms with E-state index in [2.05, 4.69) is 6.92 Å². The molecule has 15 heavy (non-hydrogen) atoms. The SMILES string of the molecule is CCCCCC1CCCC1C(O)C(=O)O. The molecule has 0 aliphatic heterocycles. The first-order valence-electron chi connectivity index (χ1n) is 6.07. The lowest BCUT2D eigenvalue weighted by Gasteiger charge is -2.21. The first-order chi connectivity index (χ1) is 7.16. The van der Waals surface area contributed by atoms with Gasteiger partial charge >= 0.3 is 5.97 Å². The van der Waals surface area contributed by atoms with Gasteiger partial charge in [0.15, 0.2) is 6.10 Å². The van der Waals surface area contributed by atoms with Crippen LogP contribution in [0.25, 0.3) is 0 Å². The summed E-state index contributed by atoms with van der Waals surface area (Å²) in [7, 11) is 0. The molecule has 3 heteroatoms. The molecule has 0 aromatic rings. The highest BCUT2D eigenvalue weighted by atomic mass is 16.4. The summed E-state index contributed by atoms with van der Waals surface area (Å²) in [5.41, 5.74) is 0. The van der Waals surface area contributed by atoms with Crippen molar-refractivity contribution in [2.45, 2.75) is 58.0 Å². The van der Waals surface area contributed by atoms with Crippen molar-refractivity contribution in [1.82, 2.24) is 0 Å². The molecule has 3 unspecified atom stereocenters. The predicted molar refractivity (Wildman–Crippen MR) is 58.6 cm³/mol. The minimum absolute atomic E-state index is 0.000596. The molecule has 1 rings (SSSR count). The second-order valence-corrected chi connectivity index (χ2v) is 4.63. The van der Waals surface area contributed by atoms with E-state index >= 15 is 0 Å². The number of aliphatic hydroxyl groups is 1. The molecule has 1 fully saturated rings. The molecule has 1 saturated carbocycles. The van der Waals surface area contributed by atoms with E-state index in [9.17, 15) is 9.90 Å². The summed E-state index contributed by atoms with van der Waals surface area (Å²) in [5, 5.41) is 18.3. The second-order valence-electron chi connectivity index (χ2n) is 4.63. The normalized spacial score (nSPS) is 27.9. The van der Waals surface area contributed by atoms with Crippen LogP contribution in [0.15, 0.2) is 0 Å². The fourth-order valence-electron chi connectivity index (χ4n) is 2.68. The highest BCUT2D eigenvalue weighted by molar-refractivity contribution is 5.72. The molecule has 88 valence electrons. The zero-order valence-corrected chi connectivity index (χ0v) is 9.48. The number of hydrogen-bond acceptors (Lipinski definition) is 2. The number of carboxylic acids is 1. The molecule has 0 saturated heterocycles. The molecule has 0 aromatic heterocycles. The predicted octanol–water partition coefficient (Wildman–Crippen LogP) is 2.43. The number of rotatable bonds is 6. The third-order valence-corrected chi connectivity index (χ3v) is 3.55. The van der Waals surface area contributed by atoms with Crippen LogP contribution in [0.5, 0.6) is 0 Å². The summed E-state index contributed by atoms with van der Waals surface area (Å²) in [6.07, 6.45) is 6.58. The monoisotopic (exact) mass is 214 g/mol. The summed E-state index contributed by atoms with van der Waals surface area (Å²) < 4.78 is 0. The lowest BCUT2D eigenvalue weighted by molar-refractivity contribution is -0.150. The van der Waals surface area contributed by atoms with Crippen molar-refractivity contribution >= 4 is 5.97 Å². The number of hydrogen-bond donors (Lipinski definition) is 2. The topological polar surface area (TPSA) is 57.5 Å². The lowest BCUT2D eigenvalue weighted by Crippen LogP contribution is -2.31. The Bertz CT molecular complexity index is 203. The summed E-state index contributed by atoms with van der Waals surface area (Å²) in [6, 6.07) is 0. The standard InChI is InChI=1S/C12H22O3/c1-2-3-4-6-9-7-5-8-10(9)11(13)12(14)15/h9-11,13H,2-8H2,1H3,(H,14,15). The maximum absolute atomic E-state index is 10.7. The molecular weight excluding hydrogens is 192 g/mol. The van der Waals surface area contributed by atoms with E-state index in [1.54, 1.807) is 0 Å². The van der Waals surface area contributed by atoms with Crippen molar-refractivity contribution in [2.75, 3.05) is 0 Å². The van der Waals surface area contributed by atoms with Crippen LogP contribution in [0.4, 0.5) is 0 Å². The minimum Gasteiger partial charge on any atom is -0.479 e. The van der Waals surface area contributed by atoms with E-state index in [-0.39, 0.29) is 5.92 Å². The van der Waals surface area contributed by atoms with Crippen molar-refractivity contribution in [3.63, 3.8) is 0 Å². The fraction of sp³-hybridized carbons (Fsp3) is 0.917. The first kappa shape index (κ1) is 12.5. The number of aliphatic hydroxyl groups excluding tert-OH is 1.